The number of thiophene rings is 1. The number of hydrogen-bond acceptors (Lipinski definition) is 4. The first kappa shape index (κ1) is 15.8. The van der Waals surface area contributed by atoms with E-state index in [-0.39, 0.29) is 18.4 Å². The summed E-state index contributed by atoms with van der Waals surface area (Å²) in [5.41, 5.74) is 3.94. The van der Waals surface area contributed by atoms with E-state index < -0.39 is 0 Å². The lowest BCUT2D eigenvalue weighted by molar-refractivity contribution is 0.0705. The van der Waals surface area contributed by atoms with E-state index in [0.717, 1.165) is 55.7 Å². The van der Waals surface area contributed by atoms with Crippen molar-refractivity contribution in [1.82, 2.24) is 15.1 Å². The van der Waals surface area contributed by atoms with Crippen LogP contribution in [0.15, 0.2) is 11.4 Å². The molecular weight excluding hydrogens is 322 g/mol. The number of piperidine rings is 1. The van der Waals surface area contributed by atoms with Crippen molar-refractivity contribution in [2.45, 2.75) is 51.0 Å². The maximum Gasteiger partial charge on any atom is 0.255 e. The molecule has 0 spiro atoms. The second-order valence-corrected chi connectivity index (χ2v) is 7.79. The summed E-state index contributed by atoms with van der Waals surface area (Å²) in [5, 5.41) is 18.4. The predicted octanol–water partition coefficient (Wildman–Crippen LogP) is 2.86. The Labute approximate surface area is 145 Å². The van der Waals surface area contributed by atoms with Crippen molar-refractivity contribution in [2.24, 2.45) is 0 Å². The number of fused-ring (bicyclic) bond motifs is 1. The fourth-order valence-electron chi connectivity index (χ4n) is 3.92. The lowest BCUT2D eigenvalue weighted by atomic mass is 9.92. The Hall–Kier alpha value is -1.66. The Kier molecular flexibility index (Phi) is 4.41. The number of H-pyrrole nitrogens is 1. The van der Waals surface area contributed by atoms with Crippen LogP contribution < -0.4 is 0 Å². The SMILES string of the molecule is O=C(c1csc2c1CCCC2)N1CCC[C@H](c2cc(CO)[nH]n2)C1. The van der Waals surface area contributed by atoms with Crippen LogP contribution in [0.1, 0.15) is 63.8 Å². The smallest absolute Gasteiger partial charge is 0.255 e. The fourth-order valence-corrected chi connectivity index (χ4v) is 5.04. The number of likely N-dealkylation sites (tertiary alicyclic amines) is 1. The average Bonchev–Trinajstić information content (AvgIpc) is 3.28. The molecule has 1 aliphatic carbocycles. The molecule has 2 aliphatic rings. The van der Waals surface area contributed by atoms with E-state index in [1.165, 1.54) is 23.3 Å². The highest BCUT2D eigenvalue weighted by Crippen LogP contribution is 2.33. The number of aromatic nitrogens is 2. The molecule has 1 amide bonds. The molecule has 0 bridgehead atoms. The normalized spacial score (nSPS) is 20.9. The van der Waals surface area contributed by atoms with Crippen molar-refractivity contribution < 1.29 is 9.90 Å². The molecule has 24 heavy (non-hydrogen) atoms. The summed E-state index contributed by atoms with van der Waals surface area (Å²) in [7, 11) is 0. The Morgan fingerprint density at radius 2 is 2.25 bits per heavy atom. The predicted molar refractivity (Wildman–Crippen MR) is 93.4 cm³/mol. The van der Waals surface area contributed by atoms with E-state index in [4.69, 9.17) is 0 Å². The van der Waals surface area contributed by atoms with Gasteiger partial charge in [0, 0.05) is 29.3 Å². The maximum absolute atomic E-state index is 13.0. The number of rotatable bonds is 3. The largest absolute Gasteiger partial charge is 0.390 e. The first-order chi connectivity index (χ1) is 11.8. The molecule has 0 radical (unpaired) electrons. The first-order valence-corrected chi connectivity index (χ1v) is 9.67. The van der Waals surface area contributed by atoms with E-state index >= 15 is 0 Å². The van der Waals surface area contributed by atoms with Crippen molar-refractivity contribution in [3.05, 3.63) is 38.8 Å². The van der Waals surface area contributed by atoms with Gasteiger partial charge in [0.1, 0.15) is 0 Å². The van der Waals surface area contributed by atoms with Crippen molar-refractivity contribution in [3.63, 3.8) is 0 Å². The van der Waals surface area contributed by atoms with Crippen LogP contribution in [-0.2, 0) is 19.4 Å². The van der Waals surface area contributed by atoms with E-state index in [2.05, 4.69) is 15.6 Å². The number of aromatic amines is 1. The Morgan fingerprint density at radius 1 is 1.38 bits per heavy atom. The Balaban J connectivity index is 1.51. The average molecular weight is 345 g/mol. The number of amides is 1. The van der Waals surface area contributed by atoms with Crippen molar-refractivity contribution >= 4 is 17.2 Å². The summed E-state index contributed by atoms with van der Waals surface area (Å²) in [6.07, 6.45) is 6.68. The molecule has 2 N–H and O–H groups in total. The summed E-state index contributed by atoms with van der Waals surface area (Å²) in [6.45, 7) is 1.53. The number of carbonyl (C=O) groups excluding carboxylic acids is 1. The Morgan fingerprint density at radius 3 is 3.08 bits per heavy atom. The third kappa shape index (κ3) is 2.89. The lowest BCUT2D eigenvalue weighted by Crippen LogP contribution is -2.39. The molecule has 4 rings (SSSR count). The number of hydrogen-bond donors (Lipinski definition) is 2. The molecule has 0 saturated carbocycles. The molecular formula is C18H23N3O2S. The van der Waals surface area contributed by atoms with Gasteiger partial charge in [0.25, 0.3) is 5.91 Å². The molecule has 5 nitrogen and oxygen atoms in total. The zero-order valence-corrected chi connectivity index (χ0v) is 14.6. The van der Waals surface area contributed by atoms with Gasteiger partial charge in [0.05, 0.1) is 23.6 Å². The quantitative estimate of drug-likeness (QED) is 0.899. The van der Waals surface area contributed by atoms with E-state index in [1.54, 1.807) is 11.3 Å². The molecule has 1 saturated heterocycles. The zero-order valence-electron chi connectivity index (χ0n) is 13.8. The van der Waals surface area contributed by atoms with Crippen LogP contribution in [0.5, 0.6) is 0 Å². The zero-order chi connectivity index (χ0) is 16.5. The van der Waals surface area contributed by atoms with Gasteiger partial charge in [-0.3, -0.25) is 9.89 Å². The van der Waals surface area contributed by atoms with Gasteiger partial charge in [-0.25, -0.2) is 0 Å². The van der Waals surface area contributed by atoms with Crippen LogP contribution in [0.25, 0.3) is 0 Å². The van der Waals surface area contributed by atoms with Gasteiger partial charge >= 0.3 is 0 Å². The monoisotopic (exact) mass is 345 g/mol. The molecule has 6 heteroatoms. The van der Waals surface area contributed by atoms with Gasteiger partial charge in [-0.15, -0.1) is 11.3 Å². The van der Waals surface area contributed by atoms with Gasteiger partial charge in [0.2, 0.25) is 0 Å². The van der Waals surface area contributed by atoms with Crippen molar-refractivity contribution in [2.75, 3.05) is 13.1 Å². The summed E-state index contributed by atoms with van der Waals surface area (Å²) >= 11 is 1.76. The fraction of sp³-hybridized carbons (Fsp3) is 0.556. The van der Waals surface area contributed by atoms with Gasteiger partial charge in [-0.2, -0.15) is 5.10 Å². The van der Waals surface area contributed by atoms with Crippen LogP contribution in [0.3, 0.4) is 0 Å². The van der Waals surface area contributed by atoms with Crippen LogP contribution in [0.4, 0.5) is 0 Å². The number of nitrogens with zero attached hydrogens (tertiary/aromatic N) is 2. The molecule has 128 valence electrons. The second-order valence-electron chi connectivity index (χ2n) is 6.82. The van der Waals surface area contributed by atoms with E-state index in [0.29, 0.717) is 0 Å². The highest BCUT2D eigenvalue weighted by molar-refractivity contribution is 7.10. The minimum absolute atomic E-state index is 0.0244. The highest BCUT2D eigenvalue weighted by Gasteiger charge is 2.29. The number of aliphatic hydroxyl groups is 1. The van der Waals surface area contributed by atoms with Crippen LogP contribution in [0.2, 0.25) is 0 Å². The molecule has 0 unspecified atom stereocenters. The van der Waals surface area contributed by atoms with E-state index in [9.17, 15) is 9.90 Å². The topological polar surface area (TPSA) is 69.2 Å². The van der Waals surface area contributed by atoms with Gasteiger partial charge in [-0.05, 0) is 50.2 Å². The summed E-state index contributed by atoms with van der Waals surface area (Å²) < 4.78 is 0. The molecule has 1 fully saturated rings. The molecule has 1 atom stereocenters. The van der Waals surface area contributed by atoms with Crippen molar-refractivity contribution in [1.29, 1.82) is 0 Å². The maximum atomic E-state index is 13.0. The van der Waals surface area contributed by atoms with Crippen LogP contribution >= 0.6 is 11.3 Å². The lowest BCUT2D eigenvalue weighted by Gasteiger charge is -2.32. The highest BCUT2D eigenvalue weighted by atomic mass is 32.1. The number of aryl methyl sites for hydroxylation is 1. The Bertz CT molecular complexity index is 736. The molecule has 1 aliphatic heterocycles. The summed E-state index contributed by atoms with van der Waals surface area (Å²) in [4.78, 5) is 16.4. The number of nitrogens with one attached hydrogen (secondary N) is 1. The summed E-state index contributed by atoms with van der Waals surface area (Å²) in [6, 6.07) is 1.92. The molecule has 2 aromatic rings. The second kappa shape index (κ2) is 6.69. The third-order valence-corrected chi connectivity index (χ3v) is 6.33. The molecule has 0 aromatic carbocycles. The first-order valence-electron chi connectivity index (χ1n) is 8.80. The number of carbonyl (C=O) groups is 1. The molecule has 3 heterocycles. The van der Waals surface area contributed by atoms with Gasteiger partial charge < -0.3 is 10.0 Å². The van der Waals surface area contributed by atoms with Crippen LogP contribution in [0, 0.1) is 0 Å². The number of aliphatic hydroxyl groups excluding tert-OH is 1. The van der Waals surface area contributed by atoms with Gasteiger partial charge in [0.15, 0.2) is 0 Å². The van der Waals surface area contributed by atoms with Crippen LogP contribution in [-0.4, -0.2) is 39.2 Å². The standard InChI is InChI=1S/C18H23N3O2S/c22-10-13-8-16(20-19-13)12-4-3-7-21(9-12)18(23)15-11-24-17-6-2-1-5-14(15)17/h8,11-12,22H,1-7,9-10H2,(H,19,20)/t12-/m0/s1. The minimum Gasteiger partial charge on any atom is -0.390 e. The molecule has 2 aromatic heterocycles. The van der Waals surface area contributed by atoms with E-state index in [1.807, 2.05) is 11.0 Å². The van der Waals surface area contributed by atoms with Gasteiger partial charge in [-0.1, -0.05) is 0 Å². The third-order valence-electron chi connectivity index (χ3n) is 5.24. The van der Waals surface area contributed by atoms with Crippen molar-refractivity contribution in [3.8, 4) is 0 Å². The summed E-state index contributed by atoms with van der Waals surface area (Å²) in [5.74, 6) is 0.450. The minimum atomic E-state index is -0.0244.